The van der Waals surface area contributed by atoms with E-state index >= 15 is 0 Å². The molecular formula is C7H5Cl2N5S. The normalized spacial score (nSPS) is 10.5. The van der Waals surface area contributed by atoms with Gasteiger partial charge in [0, 0.05) is 5.56 Å². The molecule has 0 amide bonds. The van der Waals surface area contributed by atoms with Gasteiger partial charge < -0.3 is 11.5 Å². The second-order valence-corrected chi connectivity index (χ2v) is 4.93. The molecule has 2 heterocycles. The minimum atomic E-state index is 0.0219. The summed E-state index contributed by atoms with van der Waals surface area (Å²) in [6, 6.07) is 1.66. The van der Waals surface area contributed by atoms with Gasteiger partial charge in [0.15, 0.2) is 5.82 Å². The van der Waals surface area contributed by atoms with Gasteiger partial charge in [-0.15, -0.1) is 21.5 Å². The van der Waals surface area contributed by atoms with Gasteiger partial charge in [0.1, 0.15) is 10.0 Å². The van der Waals surface area contributed by atoms with Crippen LogP contribution >= 0.6 is 34.5 Å². The molecule has 0 saturated carbocycles. The standard InChI is InChI=1S/C7H5Cl2N5S/c8-3-1-2(5(9)15-3)4-6(10)12-7(11)14-13-4/h1H,(H4,10,11,12,14). The van der Waals surface area contributed by atoms with E-state index < -0.39 is 0 Å². The lowest BCUT2D eigenvalue weighted by molar-refractivity contribution is 1.00. The van der Waals surface area contributed by atoms with Crippen LogP contribution in [0.1, 0.15) is 0 Å². The summed E-state index contributed by atoms with van der Waals surface area (Å²) < 4.78 is 1.04. The van der Waals surface area contributed by atoms with E-state index in [0.29, 0.717) is 19.9 Å². The number of rotatable bonds is 1. The Morgan fingerprint density at radius 2 is 1.93 bits per heavy atom. The Morgan fingerprint density at radius 1 is 1.20 bits per heavy atom. The number of aromatic nitrogens is 3. The monoisotopic (exact) mass is 261 g/mol. The predicted molar refractivity (Wildman–Crippen MR) is 62.0 cm³/mol. The third-order valence-electron chi connectivity index (χ3n) is 1.64. The third kappa shape index (κ3) is 1.97. The molecule has 0 aliphatic carbocycles. The van der Waals surface area contributed by atoms with Crippen LogP contribution in [0.2, 0.25) is 8.67 Å². The smallest absolute Gasteiger partial charge is 0.242 e. The van der Waals surface area contributed by atoms with E-state index in [9.17, 15) is 0 Å². The lowest BCUT2D eigenvalue weighted by atomic mass is 10.2. The predicted octanol–water partition coefficient (Wildman–Crippen LogP) is 2.07. The largest absolute Gasteiger partial charge is 0.382 e. The van der Waals surface area contributed by atoms with Gasteiger partial charge in [-0.25, -0.2) is 0 Å². The Balaban J connectivity index is 2.59. The van der Waals surface area contributed by atoms with Crippen molar-refractivity contribution in [1.29, 1.82) is 0 Å². The van der Waals surface area contributed by atoms with E-state index in [1.54, 1.807) is 6.07 Å². The highest BCUT2D eigenvalue weighted by Gasteiger charge is 2.14. The molecule has 0 aromatic carbocycles. The van der Waals surface area contributed by atoms with Crippen molar-refractivity contribution >= 4 is 46.3 Å². The van der Waals surface area contributed by atoms with Crippen LogP contribution in [-0.4, -0.2) is 15.2 Å². The van der Waals surface area contributed by atoms with E-state index in [4.69, 9.17) is 34.7 Å². The molecular weight excluding hydrogens is 257 g/mol. The zero-order valence-corrected chi connectivity index (χ0v) is 9.57. The van der Waals surface area contributed by atoms with Gasteiger partial charge in [-0.3, -0.25) is 0 Å². The van der Waals surface area contributed by atoms with Gasteiger partial charge in [0.05, 0.1) is 4.34 Å². The number of nitrogens with two attached hydrogens (primary N) is 2. The van der Waals surface area contributed by atoms with Crippen LogP contribution in [0, 0.1) is 0 Å². The van der Waals surface area contributed by atoms with Crippen molar-refractivity contribution < 1.29 is 0 Å². The highest BCUT2D eigenvalue weighted by Crippen LogP contribution is 2.38. The van der Waals surface area contributed by atoms with Crippen LogP contribution < -0.4 is 11.5 Å². The molecule has 4 N–H and O–H groups in total. The van der Waals surface area contributed by atoms with Crippen molar-refractivity contribution in [2.75, 3.05) is 11.5 Å². The molecule has 2 rings (SSSR count). The Hall–Kier alpha value is -1.11. The summed E-state index contributed by atoms with van der Waals surface area (Å²) in [6.45, 7) is 0. The van der Waals surface area contributed by atoms with Crippen molar-refractivity contribution in [3.63, 3.8) is 0 Å². The summed E-state index contributed by atoms with van der Waals surface area (Å²) in [5, 5.41) is 7.43. The molecule has 0 saturated heterocycles. The molecule has 8 heteroatoms. The van der Waals surface area contributed by atoms with Gasteiger partial charge in [-0.2, -0.15) is 4.98 Å². The number of nitrogens with zero attached hydrogens (tertiary/aromatic N) is 3. The first kappa shape index (κ1) is 10.4. The van der Waals surface area contributed by atoms with Crippen molar-refractivity contribution in [1.82, 2.24) is 15.2 Å². The Morgan fingerprint density at radius 3 is 2.47 bits per heavy atom. The van der Waals surface area contributed by atoms with E-state index in [0.717, 1.165) is 0 Å². The molecule has 2 aromatic rings. The van der Waals surface area contributed by atoms with E-state index in [1.165, 1.54) is 11.3 Å². The van der Waals surface area contributed by atoms with Crippen LogP contribution in [-0.2, 0) is 0 Å². The van der Waals surface area contributed by atoms with Crippen molar-refractivity contribution in [3.8, 4) is 11.3 Å². The number of hydrogen-bond acceptors (Lipinski definition) is 6. The Bertz CT molecular complexity index is 512. The summed E-state index contributed by atoms with van der Waals surface area (Å²) in [7, 11) is 0. The summed E-state index contributed by atoms with van der Waals surface area (Å²) in [4.78, 5) is 3.79. The highest BCUT2D eigenvalue weighted by atomic mass is 35.5. The maximum atomic E-state index is 5.94. The van der Waals surface area contributed by atoms with Crippen LogP contribution in [0.3, 0.4) is 0 Å². The van der Waals surface area contributed by atoms with Crippen molar-refractivity contribution in [3.05, 3.63) is 14.7 Å². The van der Waals surface area contributed by atoms with E-state index in [2.05, 4.69) is 15.2 Å². The van der Waals surface area contributed by atoms with Gasteiger partial charge >= 0.3 is 0 Å². The van der Waals surface area contributed by atoms with Crippen LogP contribution in [0.4, 0.5) is 11.8 Å². The maximum absolute atomic E-state index is 5.94. The molecule has 2 aromatic heterocycles. The quantitative estimate of drug-likeness (QED) is 0.820. The topological polar surface area (TPSA) is 90.7 Å². The van der Waals surface area contributed by atoms with Crippen LogP contribution in [0.25, 0.3) is 11.3 Å². The molecule has 15 heavy (non-hydrogen) atoms. The fourth-order valence-electron chi connectivity index (χ4n) is 1.04. The molecule has 0 aliphatic heterocycles. The SMILES string of the molecule is Nc1nnc(-c2cc(Cl)sc2Cl)c(N)n1. The Kier molecular flexibility index (Phi) is 2.64. The third-order valence-corrected chi connectivity index (χ3v) is 3.13. The summed E-state index contributed by atoms with van der Waals surface area (Å²) in [6.07, 6.45) is 0. The van der Waals surface area contributed by atoms with E-state index in [1.807, 2.05) is 0 Å². The highest BCUT2D eigenvalue weighted by molar-refractivity contribution is 7.20. The molecule has 0 spiro atoms. The van der Waals surface area contributed by atoms with Crippen molar-refractivity contribution in [2.24, 2.45) is 0 Å². The second kappa shape index (κ2) is 3.80. The minimum absolute atomic E-state index is 0.0219. The molecule has 78 valence electrons. The average Bonchev–Trinajstić information content (AvgIpc) is 2.45. The zero-order valence-electron chi connectivity index (χ0n) is 7.24. The lowest BCUT2D eigenvalue weighted by Gasteiger charge is -2.01. The summed E-state index contributed by atoms with van der Waals surface area (Å²) in [5.41, 5.74) is 12.0. The molecule has 0 bridgehead atoms. The minimum Gasteiger partial charge on any atom is -0.382 e. The van der Waals surface area contributed by atoms with Crippen LogP contribution in [0.5, 0.6) is 0 Å². The molecule has 5 nitrogen and oxygen atoms in total. The number of halogens is 2. The van der Waals surface area contributed by atoms with Gasteiger partial charge in [0.2, 0.25) is 5.95 Å². The van der Waals surface area contributed by atoms with E-state index in [-0.39, 0.29) is 11.8 Å². The molecule has 0 fully saturated rings. The first-order chi connectivity index (χ1) is 7.08. The molecule has 0 radical (unpaired) electrons. The van der Waals surface area contributed by atoms with Crippen LogP contribution in [0.15, 0.2) is 6.07 Å². The maximum Gasteiger partial charge on any atom is 0.242 e. The molecule has 0 atom stereocenters. The fraction of sp³-hybridized carbons (Fsp3) is 0. The number of nitrogen functional groups attached to an aromatic ring is 2. The fourth-order valence-corrected chi connectivity index (χ4v) is 2.51. The number of thiophene rings is 1. The lowest BCUT2D eigenvalue weighted by Crippen LogP contribution is -2.03. The Labute approximate surface area is 99.0 Å². The number of hydrogen-bond donors (Lipinski definition) is 2. The molecule has 0 unspecified atom stereocenters. The first-order valence-corrected chi connectivity index (χ1v) is 5.36. The van der Waals surface area contributed by atoms with Gasteiger partial charge in [0.25, 0.3) is 0 Å². The molecule has 0 aliphatic rings. The van der Waals surface area contributed by atoms with Gasteiger partial charge in [-0.05, 0) is 6.07 Å². The van der Waals surface area contributed by atoms with Gasteiger partial charge in [-0.1, -0.05) is 23.2 Å². The van der Waals surface area contributed by atoms with Crippen molar-refractivity contribution in [2.45, 2.75) is 0 Å². The average molecular weight is 262 g/mol. The zero-order chi connectivity index (χ0) is 11.0. The summed E-state index contributed by atoms with van der Waals surface area (Å²) >= 11 is 13.0. The first-order valence-electron chi connectivity index (χ1n) is 3.79. The number of anilines is 2. The second-order valence-electron chi connectivity index (χ2n) is 2.64. The summed E-state index contributed by atoms with van der Waals surface area (Å²) in [5.74, 6) is 0.201.